The number of rotatable bonds is 5. The molecule has 110 valence electrons. The third-order valence-corrected chi connectivity index (χ3v) is 3.83. The molecule has 0 aliphatic carbocycles. The number of ether oxygens (including phenoxy) is 1. The first-order chi connectivity index (χ1) is 10.3. The zero-order chi connectivity index (χ0) is 14.5. The number of aromatic nitrogens is 1. The Bertz CT molecular complexity index is 573. The minimum absolute atomic E-state index is 0.0456. The maximum absolute atomic E-state index is 6.35. The van der Waals surface area contributed by atoms with Crippen LogP contribution in [0.3, 0.4) is 0 Å². The van der Waals surface area contributed by atoms with Crippen LogP contribution < -0.4 is 10.6 Å². The molecule has 0 spiro atoms. The fraction of sp³-hybridized carbons (Fsp3) is 0.312. The first-order valence-corrected chi connectivity index (χ1v) is 7.46. The molecule has 2 heterocycles. The monoisotopic (exact) mass is 303 g/mol. The number of hydrogen-bond donors (Lipinski definition) is 2. The Kier molecular flexibility index (Phi) is 4.83. The minimum atomic E-state index is -0.144. The fourth-order valence-electron chi connectivity index (χ4n) is 2.46. The summed E-state index contributed by atoms with van der Waals surface area (Å²) in [7, 11) is 0. The van der Waals surface area contributed by atoms with E-state index >= 15 is 0 Å². The lowest BCUT2D eigenvalue weighted by atomic mass is 10.0. The molecular weight excluding hydrogens is 286 g/mol. The lowest BCUT2D eigenvalue weighted by Crippen LogP contribution is -2.41. The van der Waals surface area contributed by atoms with Crippen LogP contribution >= 0.6 is 11.6 Å². The fourth-order valence-corrected chi connectivity index (χ4v) is 2.73. The molecule has 2 N–H and O–H groups in total. The van der Waals surface area contributed by atoms with Crippen LogP contribution in [0.2, 0.25) is 5.02 Å². The Morgan fingerprint density at radius 2 is 2.14 bits per heavy atom. The van der Waals surface area contributed by atoms with Gasteiger partial charge >= 0.3 is 0 Å². The summed E-state index contributed by atoms with van der Waals surface area (Å²) in [6, 6.07) is 13.9. The second kappa shape index (κ2) is 7.00. The molecule has 0 amide bonds. The Morgan fingerprint density at radius 3 is 2.86 bits per heavy atom. The smallest absolute Gasteiger partial charge is 0.164 e. The van der Waals surface area contributed by atoms with Crippen molar-refractivity contribution in [1.29, 1.82) is 0 Å². The first-order valence-electron chi connectivity index (χ1n) is 7.08. The summed E-state index contributed by atoms with van der Waals surface area (Å²) in [4.78, 5) is 4.40. The topological polar surface area (TPSA) is 46.2 Å². The van der Waals surface area contributed by atoms with E-state index in [2.05, 4.69) is 15.6 Å². The molecule has 1 aliphatic heterocycles. The van der Waals surface area contributed by atoms with E-state index in [1.165, 1.54) is 0 Å². The standard InChI is InChI=1S/C16H18ClN3O/c17-14-7-2-1-6-13(14)15(20-16-19-9-10-21-16)11-12-5-3-4-8-18-12/h1-8,15-16,19-20H,9-11H2. The quantitative estimate of drug-likeness (QED) is 0.891. The number of halogens is 1. The highest BCUT2D eigenvalue weighted by Crippen LogP contribution is 2.25. The van der Waals surface area contributed by atoms with Crippen molar-refractivity contribution < 1.29 is 4.74 Å². The number of benzene rings is 1. The van der Waals surface area contributed by atoms with Gasteiger partial charge in [-0.05, 0) is 23.8 Å². The van der Waals surface area contributed by atoms with Gasteiger partial charge in [-0.1, -0.05) is 35.9 Å². The predicted octanol–water partition coefficient (Wildman–Crippen LogP) is 2.51. The van der Waals surface area contributed by atoms with Gasteiger partial charge in [0.2, 0.25) is 0 Å². The van der Waals surface area contributed by atoms with E-state index in [0.717, 1.165) is 35.9 Å². The minimum Gasteiger partial charge on any atom is -0.349 e. The molecule has 1 aromatic carbocycles. The maximum Gasteiger partial charge on any atom is 0.164 e. The van der Waals surface area contributed by atoms with Crippen LogP contribution in [0.1, 0.15) is 17.3 Å². The molecule has 3 rings (SSSR count). The van der Waals surface area contributed by atoms with Gasteiger partial charge in [-0.15, -0.1) is 0 Å². The van der Waals surface area contributed by atoms with E-state index in [0.29, 0.717) is 0 Å². The highest BCUT2D eigenvalue weighted by molar-refractivity contribution is 6.31. The van der Waals surface area contributed by atoms with Gasteiger partial charge in [-0.25, -0.2) is 0 Å². The molecular formula is C16H18ClN3O. The summed E-state index contributed by atoms with van der Waals surface area (Å²) >= 11 is 6.35. The lowest BCUT2D eigenvalue weighted by Gasteiger charge is -2.23. The maximum atomic E-state index is 6.35. The average molecular weight is 304 g/mol. The molecule has 1 fully saturated rings. The Labute approximate surface area is 129 Å². The number of hydrogen-bond acceptors (Lipinski definition) is 4. The zero-order valence-electron chi connectivity index (χ0n) is 11.6. The second-order valence-electron chi connectivity index (χ2n) is 4.97. The van der Waals surface area contributed by atoms with Crippen LogP contribution in [0.25, 0.3) is 0 Å². The molecule has 2 aromatic rings. The summed E-state index contributed by atoms with van der Waals surface area (Å²) in [6.45, 7) is 1.58. The van der Waals surface area contributed by atoms with Crippen molar-refractivity contribution >= 4 is 11.6 Å². The molecule has 1 aliphatic rings. The number of nitrogens with zero attached hydrogens (tertiary/aromatic N) is 1. The Morgan fingerprint density at radius 1 is 1.29 bits per heavy atom. The van der Waals surface area contributed by atoms with E-state index in [4.69, 9.17) is 16.3 Å². The summed E-state index contributed by atoms with van der Waals surface area (Å²) in [6.07, 6.45) is 2.42. The van der Waals surface area contributed by atoms with E-state index in [1.807, 2.05) is 48.7 Å². The van der Waals surface area contributed by atoms with Gasteiger partial charge in [0.25, 0.3) is 0 Å². The molecule has 2 unspecified atom stereocenters. The number of nitrogens with one attached hydrogen (secondary N) is 2. The molecule has 0 radical (unpaired) electrons. The van der Waals surface area contributed by atoms with Gasteiger partial charge in [-0.3, -0.25) is 15.6 Å². The van der Waals surface area contributed by atoms with Crippen LogP contribution in [-0.4, -0.2) is 24.5 Å². The van der Waals surface area contributed by atoms with Crippen LogP contribution in [-0.2, 0) is 11.2 Å². The molecule has 1 saturated heterocycles. The van der Waals surface area contributed by atoms with E-state index < -0.39 is 0 Å². The Balaban J connectivity index is 1.81. The van der Waals surface area contributed by atoms with Crippen molar-refractivity contribution in [2.45, 2.75) is 18.8 Å². The third kappa shape index (κ3) is 3.80. The van der Waals surface area contributed by atoms with Crippen molar-refractivity contribution in [3.8, 4) is 0 Å². The van der Waals surface area contributed by atoms with Gasteiger partial charge < -0.3 is 4.74 Å². The van der Waals surface area contributed by atoms with Crippen LogP contribution in [0.5, 0.6) is 0 Å². The van der Waals surface area contributed by atoms with Crippen LogP contribution in [0.15, 0.2) is 48.7 Å². The third-order valence-electron chi connectivity index (χ3n) is 3.49. The van der Waals surface area contributed by atoms with Crippen LogP contribution in [0.4, 0.5) is 0 Å². The van der Waals surface area contributed by atoms with Gasteiger partial charge in [0.05, 0.1) is 6.61 Å². The predicted molar refractivity (Wildman–Crippen MR) is 83.0 cm³/mol. The molecule has 4 nitrogen and oxygen atoms in total. The number of pyridine rings is 1. The molecule has 2 atom stereocenters. The van der Waals surface area contributed by atoms with Gasteiger partial charge in [-0.2, -0.15) is 0 Å². The van der Waals surface area contributed by atoms with Crippen LogP contribution in [0, 0.1) is 0 Å². The lowest BCUT2D eigenvalue weighted by molar-refractivity contribution is 0.0627. The largest absolute Gasteiger partial charge is 0.349 e. The average Bonchev–Trinajstić information content (AvgIpc) is 3.01. The summed E-state index contributed by atoms with van der Waals surface area (Å²) in [5.41, 5.74) is 2.08. The molecule has 1 aromatic heterocycles. The normalized spacial score (nSPS) is 19.6. The summed E-state index contributed by atoms with van der Waals surface area (Å²) in [5, 5.41) is 7.48. The Hall–Kier alpha value is -1.46. The summed E-state index contributed by atoms with van der Waals surface area (Å²) in [5.74, 6) is 0. The van der Waals surface area contributed by atoms with Crippen molar-refractivity contribution in [3.05, 3.63) is 64.9 Å². The van der Waals surface area contributed by atoms with E-state index in [9.17, 15) is 0 Å². The first kappa shape index (κ1) is 14.5. The highest BCUT2D eigenvalue weighted by atomic mass is 35.5. The van der Waals surface area contributed by atoms with Crippen molar-refractivity contribution in [2.24, 2.45) is 0 Å². The van der Waals surface area contributed by atoms with Crippen molar-refractivity contribution in [3.63, 3.8) is 0 Å². The van der Waals surface area contributed by atoms with Gasteiger partial charge in [0, 0.05) is 35.9 Å². The molecule has 0 bridgehead atoms. The zero-order valence-corrected chi connectivity index (χ0v) is 12.4. The van der Waals surface area contributed by atoms with E-state index in [-0.39, 0.29) is 12.4 Å². The van der Waals surface area contributed by atoms with Crippen molar-refractivity contribution in [2.75, 3.05) is 13.2 Å². The highest BCUT2D eigenvalue weighted by Gasteiger charge is 2.22. The van der Waals surface area contributed by atoms with E-state index in [1.54, 1.807) is 0 Å². The van der Waals surface area contributed by atoms with Crippen molar-refractivity contribution in [1.82, 2.24) is 15.6 Å². The van der Waals surface area contributed by atoms with Gasteiger partial charge in [0.1, 0.15) is 0 Å². The molecule has 21 heavy (non-hydrogen) atoms. The summed E-state index contributed by atoms with van der Waals surface area (Å²) < 4.78 is 5.60. The molecule has 0 saturated carbocycles. The second-order valence-corrected chi connectivity index (χ2v) is 5.38. The molecule has 5 heteroatoms. The van der Waals surface area contributed by atoms with Gasteiger partial charge in [0.15, 0.2) is 6.35 Å². The SMILES string of the molecule is Clc1ccccc1C(Cc1ccccn1)NC1NCCO1.